The number of H-pyrrole nitrogens is 2. The first-order valence-corrected chi connectivity index (χ1v) is 9.89. The molecule has 1 saturated heterocycles. The SMILES string of the molecule is O=c1[nH]c2ccc(S(=O)(=O)NC[C@@H]3CCO[C@H]3c3ccccc3)cc2[nH]1. The van der Waals surface area contributed by atoms with E-state index in [-0.39, 0.29) is 22.6 Å². The highest BCUT2D eigenvalue weighted by atomic mass is 32.2. The maximum atomic E-state index is 12.6. The van der Waals surface area contributed by atoms with Crippen LogP contribution in [0.15, 0.2) is 58.2 Å². The Bertz CT molecular complexity index is 1070. The molecule has 4 rings (SSSR count). The summed E-state index contributed by atoms with van der Waals surface area (Å²) in [6.07, 6.45) is 0.689. The van der Waals surface area contributed by atoms with Crippen LogP contribution in [-0.4, -0.2) is 31.5 Å². The van der Waals surface area contributed by atoms with Gasteiger partial charge in [0, 0.05) is 19.1 Å². The average Bonchev–Trinajstić information content (AvgIpc) is 3.25. The van der Waals surface area contributed by atoms with Gasteiger partial charge >= 0.3 is 5.69 Å². The molecule has 7 nitrogen and oxygen atoms in total. The molecule has 1 aromatic heterocycles. The minimum Gasteiger partial charge on any atom is -0.373 e. The molecule has 2 heterocycles. The van der Waals surface area contributed by atoms with E-state index in [4.69, 9.17) is 4.74 Å². The third-order valence-electron chi connectivity index (χ3n) is 4.68. The number of sulfonamides is 1. The molecule has 0 spiro atoms. The smallest absolute Gasteiger partial charge is 0.323 e. The maximum absolute atomic E-state index is 12.6. The van der Waals surface area contributed by atoms with Crippen molar-refractivity contribution >= 4 is 21.1 Å². The van der Waals surface area contributed by atoms with Gasteiger partial charge in [-0.1, -0.05) is 30.3 Å². The second-order valence-corrected chi connectivity index (χ2v) is 8.16. The number of aromatic amines is 2. The van der Waals surface area contributed by atoms with Gasteiger partial charge in [0.15, 0.2) is 0 Å². The Balaban J connectivity index is 1.51. The lowest BCUT2D eigenvalue weighted by molar-refractivity contribution is 0.0917. The van der Waals surface area contributed by atoms with Crippen molar-refractivity contribution in [1.29, 1.82) is 0 Å². The maximum Gasteiger partial charge on any atom is 0.323 e. The first-order valence-electron chi connectivity index (χ1n) is 8.41. The first-order chi connectivity index (χ1) is 12.5. The van der Waals surface area contributed by atoms with Gasteiger partial charge in [0.25, 0.3) is 0 Å². The van der Waals surface area contributed by atoms with Gasteiger partial charge in [0.2, 0.25) is 10.0 Å². The lowest BCUT2D eigenvalue weighted by Crippen LogP contribution is -2.30. The summed E-state index contributed by atoms with van der Waals surface area (Å²) < 4.78 is 33.7. The van der Waals surface area contributed by atoms with Crippen LogP contribution in [0, 0.1) is 5.92 Å². The number of fused-ring (bicyclic) bond motifs is 1. The van der Waals surface area contributed by atoms with Gasteiger partial charge in [-0.2, -0.15) is 0 Å². The van der Waals surface area contributed by atoms with Gasteiger partial charge in [-0.25, -0.2) is 17.9 Å². The minimum absolute atomic E-state index is 0.0722. The Morgan fingerprint density at radius 1 is 1.08 bits per heavy atom. The fourth-order valence-electron chi connectivity index (χ4n) is 3.33. The third-order valence-corrected chi connectivity index (χ3v) is 6.10. The molecule has 3 N–H and O–H groups in total. The monoisotopic (exact) mass is 373 g/mol. The van der Waals surface area contributed by atoms with Crippen LogP contribution < -0.4 is 10.4 Å². The van der Waals surface area contributed by atoms with Crippen LogP contribution in [0.1, 0.15) is 18.1 Å². The van der Waals surface area contributed by atoms with Crippen molar-refractivity contribution in [2.24, 2.45) is 5.92 Å². The average molecular weight is 373 g/mol. The molecule has 0 saturated carbocycles. The number of ether oxygens (including phenoxy) is 1. The Kier molecular flexibility index (Phi) is 4.39. The normalized spacial score (nSPS) is 20.6. The van der Waals surface area contributed by atoms with E-state index in [1.54, 1.807) is 6.07 Å². The van der Waals surface area contributed by atoms with Crippen molar-refractivity contribution in [3.8, 4) is 0 Å². The van der Waals surface area contributed by atoms with Crippen molar-refractivity contribution in [1.82, 2.24) is 14.7 Å². The molecule has 2 aromatic carbocycles. The van der Waals surface area contributed by atoms with Crippen LogP contribution in [0.5, 0.6) is 0 Å². The van der Waals surface area contributed by atoms with Gasteiger partial charge < -0.3 is 14.7 Å². The predicted molar refractivity (Wildman–Crippen MR) is 97.3 cm³/mol. The summed E-state index contributed by atoms with van der Waals surface area (Å²) >= 11 is 0. The lowest BCUT2D eigenvalue weighted by Gasteiger charge is -2.19. The van der Waals surface area contributed by atoms with Crippen LogP contribution in [0.3, 0.4) is 0 Å². The van der Waals surface area contributed by atoms with Crippen molar-refractivity contribution in [2.75, 3.05) is 13.2 Å². The molecule has 0 radical (unpaired) electrons. The van der Waals surface area contributed by atoms with E-state index in [1.165, 1.54) is 12.1 Å². The molecule has 2 atom stereocenters. The van der Waals surface area contributed by atoms with Crippen molar-refractivity contribution in [2.45, 2.75) is 17.4 Å². The molecule has 3 aromatic rings. The van der Waals surface area contributed by atoms with Gasteiger partial charge in [0.1, 0.15) is 0 Å². The number of hydrogen-bond donors (Lipinski definition) is 3. The topological polar surface area (TPSA) is 104 Å². The van der Waals surface area contributed by atoms with E-state index in [1.807, 2.05) is 30.3 Å². The highest BCUT2D eigenvalue weighted by molar-refractivity contribution is 7.89. The molecule has 8 heteroatoms. The van der Waals surface area contributed by atoms with Crippen LogP contribution in [-0.2, 0) is 14.8 Å². The zero-order valence-corrected chi connectivity index (χ0v) is 14.8. The highest BCUT2D eigenvalue weighted by Crippen LogP contribution is 2.34. The Morgan fingerprint density at radius 3 is 2.65 bits per heavy atom. The summed E-state index contributed by atoms with van der Waals surface area (Å²) in [6.45, 7) is 0.909. The van der Waals surface area contributed by atoms with E-state index < -0.39 is 10.0 Å². The zero-order chi connectivity index (χ0) is 18.1. The molecule has 136 valence electrons. The van der Waals surface area contributed by atoms with Crippen LogP contribution in [0.25, 0.3) is 11.0 Å². The number of benzene rings is 2. The van der Waals surface area contributed by atoms with E-state index in [9.17, 15) is 13.2 Å². The van der Waals surface area contributed by atoms with Crippen LogP contribution >= 0.6 is 0 Å². The highest BCUT2D eigenvalue weighted by Gasteiger charge is 2.30. The lowest BCUT2D eigenvalue weighted by atomic mass is 9.96. The summed E-state index contributed by atoms with van der Waals surface area (Å²) in [4.78, 5) is 16.6. The molecule has 0 aliphatic carbocycles. The fourth-order valence-corrected chi connectivity index (χ4v) is 4.45. The Morgan fingerprint density at radius 2 is 1.85 bits per heavy atom. The molecule has 0 amide bonds. The summed E-state index contributed by atoms with van der Waals surface area (Å²) in [5.74, 6) is 0.0722. The predicted octanol–water partition coefficient (Wildman–Crippen LogP) is 1.91. The number of nitrogens with one attached hydrogen (secondary N) is 3. The van der Waals surface area contributed by atoms with Crippen molar-refractivity contribution in [3.05, 3.63) is 64.6 Å². The number of imidazole rings is 1. The molecular formula is C18H19N3O4S. The second kappa shape index (κ2) is 6.71. The Hall–Kier alpha value is -2.42. The number of rotatable bonds is 5. The van der Waals surface area contributed by atoms with Crippen LogP contribution in [0.2, 0.25) is 0 Å². The minimum atomic E-state index is -3.68. The second-order valence-electron chi connectivity index (χ2n) is 6.39. The van der Waals surface area contributed by atoms with E-state index in [0.29, 0.717) is 24.2 Å². The van der Waals surface area contributed by atoms with Crippen molar-refractivity contribution < 1.29 is 13.2 Å². The van der Waals surface area contributed by atoms with Gasteiger partial charge in [0.05, 0.1) is 22.0 Å². The molecule has 0 bridgehead atoms. The molecular weight excluding hydrogens is 354 g/mol. The van der Waals surface area contributed by atoms with E-state index >= 15 is 0 Å². The summed E-state index contributed by atoms with van der Waals surface area (Å²) in [5, 5.41) is 0. The van der Waals surface area contributed by atoms with Crippen LogP contribution in [0.4, 0.5) is 0 Å². The zero-order valence-electron chi connectivity index (χ0n) is 13.9. The van der Waals surface area contributed by atoms with E-state index in [2.05, 4.69) is 14.7 Å². The molecule has 1 aliphatic rings. The molecule has 1 fully saturated rings. The number of hydrogen-bond acceptors (Lipinski definition) is 4. The summed E-state index contributed by atoms with van der Waals surface area (Å²) in [5.41, 5.74) is 1.73. The number of aromatic nitrogens is 2. The summed E-state index contributed by atoms with van der Waals surface area (Å²) in [6, 6.07) is 14.3. The largest absolute Gasteiger partial charge is 0.373 e. The van der Waals surface area contributed by atoms with E-state index in [0.717, 1.165) is 12.0 Å². The Labute approximate surface area is 150 Å². The van der Waals surface area contributed by atoms with Gasteiger partial charge in [-0.05, 0) is 30.2 Å². The molecule has 0 unspecified atom stereocenters. The summed E-state index contributed by atoms with van der Waals surface area (Å²) in [7, 11) is -3.68. The standard InChI is InChI=1S/C18H19N3O4S/c22-18-20-15-7-6-14(10-16(15)21-18)26(23,24)19-11-13-8-9-25-17(13)12-4-2-1-3-5-12/h1-7,10,13,17,19H,8-9,11H2,(H2,20,21,22)/t13-,17-/m0/s1. The fraction of sp³-hybridized carbons (Fsp3) is 0.278. The molecule has 26 heavy (non-hydrogen) atoms. The third kappa shape index (κ3) is 3.31. The van der Waals surface area contributed by atoms with Crippen molar-refractivity contribution in [3.63, 3.8) is 0 Å². The van der Waals surface area contributed by atoms with Gasteiger partial charge in [-0.3, -0.25) is 0 Å². The quantitative estimate of drug-likeness (QED) is 0.635. The van der Waals surface area contributed by atoms with Gasteiger partial charge in [-0.15, -0.1) is 0 Å². The first kappa shape index (κ1) is 17.0. The molecule has 1 aliphatic heterocycles.